The third-order valence-electron chi connectivity index (χ3n) is 2.59. The molecular formula is C7H13P. The van der Waals surface area contributed by atoms with Crippen molar-refractivity contribution in [3.05, 3.63) is 0 Å². The molecule has 0 amide bonds. The zero-order valence-corrected chi connectivity index (χ0v) is 6.29. The van der Waals surface area contributed by atoms with Gasteiger partial charge in [0.1, 0.15) is 0 Å². The molecular weight excluding hydrogens is 115 g/mol. The highest BCUT2D eigenvalue weighted by molar-refractivity contribution is 7.16. The molecule has 8 heavy (non-hydrogen) atoms. The monoisotopic (exact) mass is 128 g/mol. The van der Waals surface area contributed by atoms with Crippen molar-refractivity contribution >= 4 is 9.24 Å². The summed E-state index contributed by atoms with van der Waals surface area (Å²) in [5.41, 5.74) is 0. The molecule has 2 aliphatic rings. The van der Waals surface area contributed by atoms with Crippen molar-refractivity contribution in [3.8, 4) is 0 Å². The van der Waals surface area contributed by atoms with E-state index in [-0.39, 0.29) is 0 Å². The lowest BCUT2D eigenvalue weighted by Crippen LogP contribution is -1.88. The molecule has 0 radical (unpaired) electrons. The summed E-state index contributed by atoms with van der Waals surface area (Å²) in [6.45, 7) is 0. The predicted molar refractivity (Wildman–Crippen MR) is 38.9 cm³/mol. The molecule has 0 aromatic heterocycles. The minimum absolute atomic E-state index is 1.20. The van der Waals surface area contributed by atoms with Gasteiger partial charge in [0.15, 0.2) is 0 Å². The summed E-state index contributed by atoms with van der Waals surface area (Å²) in [6, 6.07) is 0. The largest absolute Gasteiger partial charge is 0.138 e. The lowest BCUT2D eigenvalue weighted by Gasteiger charge is -1.98. The molecule has 0 nitrogen and oxygen atoms in total. The van der Waals surface area contributed by atoms with E-state index in [2.05, 4.69) is 9.24 Å². The first-order valence-corrected chi connectivity index (χ1v) is 4.45. The van der Waals surface area contributed by atoms with E-state index in [0.717, 1.165) is 0 Å². The van der Waals surface area contributed by atoms with Crippen molar-refractivity contribution in [2.45, 2.75) is 19.3 Å². The summed E-state index contributed by atoms with van der Waals surface area (Å²) < 4.78 is 0. The fourth-order valence-corrected chi connectivity index (χ4v) is 1.93. The summed E-state index contributed by atoms with van der Waals surface area (Å²) in [5, 5.41) is 0. The quantitative estimate of drug-likeness (QED) is 0.509. The van der Waals surface area contributed by atoms with Crippen LogP contribution >= 0.6 is 9.24 Å². The molecule has 0 spiro atoms. The molecule has 0 aromatic rings. The Bertz CT molecular complexity index is 92.6. The summed E-state index contributed by atoms with van der Waals surface area (Å²) in [5.74, 6) is 3.66. The molecule has 2 rings (SSSR count). The van der Waals surface area contributed by atoms with Crippen LogP contribution in [0.4, 0.5) is 0 Å². The summed E-state index contributed by atoms with van der Waals surface area (Å²) >= 11 is 0. The van der Waals surface area contributed by atoms with Gasteiger partial charge < -0.3 is 0 Å². The van der Waals surface area contributed by atoms with Gasteiger partial charge in [0.25, 0.3) is 0 Å². The summed E-state index contributed by atoms with van der Waals surface area (Å²) in [6.07, 6.45) is 5.87. The lowest BCUT2D eigenvalue weighted by molar-refractivity contribution is 0.558. The standard InChI is InChI=1S/C7H13P/c8-3-1-2-5-6-4-7(5)6/h5-7H,1-4,8H2/t5?,6-,7?/m1/s1. The van der Waals surface area contributed by atoms with Gasteiger partial charge in [0, 0.05) is 0 Å². The molecule has 0 saturated heterocycles. The molecule has 0 heterocycles. The Hall–Kier alpha value is 0.430. The molecule has 46 valence electrons. The van der Waals surface area contributed by atoms with Crippen LogP contribution in [0, 0.1) is 17.8 Å². The van der Waals surface area contributed by atoms with Crippen LogP contribution in [0.1, 0.15) is 19.3 Å². The molecule has 1 heteroatoms. The van der Waals surface area contributed by atoms with E-state index < -0.39 is 0 Å². The highest BCUT2D eigenvalue weighted by Crippen LogP contribution is 2.69. The second-order valence-corrected chi connectivity index (χ2v) is 3.74. The Kier molecular flexibility index (Phi) is 1.11. The Morgan fingerprint density at radius 3 is 2.50 bits per heavy atom. The zero-order chi connectivity index (χ0) is 5.56. The van der Waals surface area contributed by atoms with Crippen LogP contribution in [0.5, 0.6) is 0 Å². The van der Waals surface area contributed by atoms with Gasteiger partial charge in [0.2, 0.25) is 0 Å². The van der Waals surface area contributed by atoms with Crippen molar-refractivity contribution in [2.75, 3.05) is 6.16 Å². The molecule has 0 aromatic carbocycles. The maximum absolute atomic E-state index is 2.80. The third kappa shape index (κ3) is 0.702. The highest BCUT2D eigenvalue weighted by atomic mass is 31.0. The third-order valence-corrected chi connectivity index (χ3v) is 3.00. The van der Waals surface area contributed by atoms with E-state index in [1.54, 1.807) is 6.42 Å². The van der Waals surface area contributed by atoms with Crippen LogP contribution < -0.4 is 0 Å². The van der Waals surface area contributed by atoms with E-state index in [1.807, 2.05) is 0 Å². The van der Waals surface area contributed by atoms with Crippen molar-refractivity contribution in [2.24, 2.45) is 17.8 Å². The fraction of sp³-hybridized carbons (Fsp3) is 1.00. The SMILES string of the molecule is PCCCC1C2C[C@H]12. The van der Waals surface area contributed by atoms with Gasteiger partial charge >= 0.3 is 0 Å². The Morgan fingerprint density at radius 1 is 1.38 bits per heavy atom. The van der Waals surface area contributed by atoms with Crippen molar-refractivity contribution < 1.29 is 0 Å². The van der Waals surface area contributed by atoms with Gasteiger partial charge in [-0.15, -0.1) is 9.24 Å². The molecule has 0 bridgehead atoms. The minimum atomic E-state index is 1.20. The fourth-order valence-electron chi connectivity index (χ4n) is 1.70. The van der Waals surface area contributed by atoms with Crippen molar-refractivity contribution in [1.29, 1.82) is 0 Å². The molecule has 4 atom stereocenters. The van der Waals surface area contributed by atoms with E-state index in [1.165, 1.54) is 36.8 Å². The van der Waals surface area contributed by atoms with Crippen molar-refractivity contribution in [3.63, 3.8) is 0 Å². The van der Waals surface area contributed by atoms with E-state index >= 15 is 0 Å². The van der Waals surface area contributed by atoms with Gasteiger partial charge in [-0.3, -0.25) is 0 Å². The number of hydrogen-bond acceptors (Lipinski definition) is 0. The zero-order valence-electron chi connectivity index (χ0n) is 5.14. The molecule has 0 aliphatic heterocycles. The van der Waals surface area contributed by atoms with Crippen LogP contribution in [0.2, 0.25) is 0 Å². The molecule has 3 unspecified atom stereocenters. The maximum atomic E-state index is 2.80. The first kappa shape index (κ1) is 5.23. The average molecular weight is 128 g/mol. The van der Waals surface area contributed by atoms with E-state index in [4.69, 9.17) is 0 Å². The van der Waals surface area contributed by atoms with Crippen LogP contribution in [0.25, 0.3) is 0 Å². The summed E-state index contributed by atoms with van der Waals surface area (Å²) in [4.78, 5) is 0. The Balaban J connectivity index is 1.59. The van der Waals surface area contributed by atoms with Crippen LogP contribution in [0.15, 0.2) is 0 Å². The van der Waals surface area contributed by atoms with Gasteiger partial charge in [-0.2, -0.15) is 0 Å². The first-order chi connectivity index (χ1) is 3.93. The molecule has 0 N–H and O–H groups in total. The lowest BCUT2D eigenvalue weighted by atomic mass is 10.1. The van der Waals surface area contributed by atoms with Crippen LogP contribution in [-0.2, 0) is 0 Å². The smallest absolute Gasteiger partial charge is 0.0349 e. The number of fused-ring (bicyclic) bond motifs is 1. The topological polar surface area (TPSA) is 0 Å². The molecule has 2 saturated carbocycles. The van der Waals surface area contributed by atoms with Gasteiger partial charge in [-0.05, 0) is 43.2 Å². The predicted octanol–water partition coefficient (Wildman–Crippen LogP) is 1.91. The second kappa shape index (κ2) is 1.70. The normalized spacial score (nSPS) is 48.4. The average Bonchev–Trinajstić information content (AvgIpc) is 2.50. The number of rotatable bonds is 3. The number of hydrogen-bond donors (Lipinski definition) is 0. The molecule has 2 aliphatic carbocycles. The first-order valence-electron chi connectivity index (χ1n) is 3.63. The van der Waals surface area contributed by atoms with Crippen molar-refractivity contribution in [1.82, 2.24) is 0 Å². The van der Waals surface area contributed by atoms with E-state index in [9.17, 15) is 0 Å². The van der Waals surface area contributed by atoms with E-state index in [0.29, 0.717) is 0 Å². The van der Waals surface area contributed by atoms with Gasteiger partial charge in [-0.25, -0.2) is 0 Å². The van der Waals surface area contributed by atoms with Gasteiger partial charge in [0.05, 0.1) is 0 Å². The van der Waals surface area contributed by atoms with Gasteiger partial charge in [-0.1, -0.05) is 0 Å². The summed E-state index contributed by atoms with van der Waals surface area (Å²) in [7, 11) is 2.80. The Morgan fingerprint density at radius 2 is 2.12 bits per heavy atom. The molecule has 2 fully saturated rings. The second-order valence-electron chi connectivity index (χ2n) is 3.16. The van der Waals surface area contributed by atoms with Crippen LogP contribution in [0.3, 0.4) is 0 Å². The Labute approximate surface area is 53.2 Å². The highest BCUT2D eigenvalue weighted by Gasteiger charge is 2.62. The van der Waals surface area contributed by atoms with Crippen LogP contribution in [-0.4, -0.2) is 6.16 Å². The maximum Gasteiger partial charge on any atom is -0.0349 e. The minimum Gasteiger partial charge on any atom is -0.138 e.